The van der Waals surface area contributed by atoms with Gasteiger partial charge in [-0.25, -0.2) is 8.42 Å². The van der Waals surface area contributed by atoms with E-state index in [0.717, 1.165) is 5.56 Å². The van der Waals surface area contributed by atoms with Gasteiger partial charge < -0.3 is 9.16 Å². The first-order chi connectivity index (χ1) is 12.7. The van der Waals surface area contributed by atoms with E-state index in [2.05, 4.69) is 39.8 Å². The summed E-state index contributed by atoms with van der Waals surface area (Å²) in [4.78, 5) is 0.320. The Labute approximate surface area is 171 Å². The lowest BCUT2D eigenvalue weighted by atomic mass is 10.1. The van der Waals surface area contributed by atoms with Gasteiger partial charge in [0, 0.05) is 0 Å². The predicted molar refractivity (Wildman–Crippen MR) is 116 cm³/mol. The number of nitrogens with zero attached hydrogens (tertiary/aromatic N) is 1. The van der Waals surface area contributed by atoms with Crippen molar-refractivity contribution in [1.82, 2.24) is 4.31 Å². The molecule has 7 heteroatoms. The molecule has 1 aliphatic rings. The molecule has 2 rings (SSSR count). The number of rotatable bonds is 6. The molecule has 1 aromatic rings. The van der Waals surface area contributed by atoms with E-state index in [1.54, 1.807) is 20.1 Å². The zero-order valence-corrected chi connectivity index (χ0v) is 20.3. The minimum atomic E-state index is -3.72. The highest BCUT2D eigenvalue weighted by atomic mass is 32.2. The van der Waals surface area contributed by atoms with Gasteiger partial charge in [-0.1, -0.05) is 26.7 Å². The number of methoxy groups -OCH3 is 1. The largest absolute Gasteiger partial charge is 0.496 e. The maximum Gasteiger partial charge on any atom is 0.245 e. The molecule has 28 heavy (non-hydrogen) atoms. The Hall–Kier alpha value is -1.33. The van der Waals surface area contributed by atoms with Crippen molar-refractivity contribution in [3.8, 4) is 18.1 Å². The van der Waals surface area contributed by atoms with E-state index < -0.39 is 24.4 Å². The van der Waals surface area contributed by atoms with Gasteiger partial charge in [0.1, 0.15) is 11.8 Å². The molecule has 1 aliphatic heterocycles. The monoisotopic (exact) mass is 423 g/mol. The normalized spacial score (nSPS) is 22.6. The number of benzene rings is 1. The van der Waals surface area contributed by atoms with Crippen molar-refractivity contribution in [1.29, 1.82) is 0 Å². The zero-order chi connectivity index (χ0) is 21.7. The van der Waals surface area contributed by atoms with Crippen LogP contribution in [0.4, 0.5) is 0 Å². The summed E-state index contributed by atoms with van der Waals surface area (Å²) in [6.45, 7) is 16.6. The Morgan fingerprint density at radius 3 is 2.25 bits per heavy atom. The summed E-state index contributed by atoms with van der Waals surface area (Å²) in [5.74, 6) is 3.31. The summed E-state index contributed by atoms with van der Waals surface area (Å²) in [6.07, 6.45) is 5.65. The molecule has 0 N–H and O–H groups in total. The Bertz CT molecular complexity index is 910. The van der Waals surface area contributed by atoms with E-state index in [1.807, 2.05) is 13.8 Å². The first-order valence-corrected chi connectivity index (χ1v) is 13.8. The number of hydrogen-bond acceptors (Lipinski definition) is 4. The fourth-order valence-electron chi connectivity index (χ4n) is 3.18. The molecule has 1 saturated heterocycles. The van der Waals surface area contributed by atoms with E-state index in [1.165, 1.54) is 4.31 Å². The zero-order valence-electron chi connectivity index (χ0n) is 18.5. The van der Waals surface area contributed by atoms with Crippen LogP contribution in [0.15, 0.2) is 11.0 Å². The molecule has 0 radical (unpaired) electrons. The molecule has 1 heterocycles. The van der Waals surface area contributed by atoms with E-state index in [0.29, 0.717) is 28.4 Å². The van der Waals surface area contributed by atoms with Gasteiger partial charge in [0.15, 0.2) is 8.32 Å². The first-order valence-electron chi connectivity index (χ1n) is 9.49. The van der Waals surface area contributed by atoms with Crippen molar-refractivity contribution in [2.45, 2.75) is 76.7 Å². The molecule has 0 aliphatic carbocycles. The molecule has 1 unspecified atom stereocenters. The van der Waals surface area contributed by atoms with E-state index in [-0.39, 0.29) is 11.1 Å². The number of hydrogen-bond donors (Lipinski definition) is 0. The summed E-state index contributed by atoms with van der Waals surface area (Å²) >= 11 is 0. The molecule has 0 saturated carbocycles. The Kier molecular flexibility index (Phi) is 6.14. The molecule has 5 nitrogen and oxygen atoms in total. The van der Waals surface area contributed by atoms with E-state index in [4.69, 9.17) is 15.6 Å². The van der Waals surface area contributed by atoms with Gasteiger partial charge in [0.2, 0.25) is 10.0 Å². The SMILES string of the molecule is C#C[C@H]1[C@H](CO[Si](C)(C)C(C)(C)C)N1S(=O)(=O)c1c(C)cc(OC)c(C)c1C. The van der Waals surface area contributed by atoms with Crippen LogP contribution in [-0.4, -0.2) is 46.8 Å². The van der Waals surface area contributed by atoms with Gasteiger partial charge in [-0.2, -0.15) is 4.31 Å². The van der Waals surface area contributed by atoms with Crippen LogP contribution in [0.25, 0.3) is 0 Å². The summed E-state index contributed by atoms with van der Waals surface area (Å²) in [7, 11) is -4.12. The minimum Gasteiger partial charge on any atom is -0.496 e. The maximum absolute atomic E-state index is 13.4. The molecule has 0 amide bonds. The summed E-state index contributed by atoms with van der Waals surface area (Å²) < 4.78 is 39.9. The van der Waals surface area contributed by atoms with Crippen LogP contribution in [0, 0.1) is 33.1 Å². The highest BCUT2D eigenvalue weighted by Crippen LogP contribution is 2.42. The number of aryl methyl sites for hydroxylation is 1. The van der Waals surface area contributed by atoms with Crippen molar-refractivity contribution in [3.63, 3.8) is 0 Å². The Balaban J connectivity index is 2.35. The van der Waals surface area contributed by atoms with Crippen LogP contribution in [0.3, 0.4) is 0 Å². The van der Waals surface area contributed by atoms with Crippen LogP contribution >= 0.6 is 0 Å². The summed E-state index contributed by atoms with van der Waals surface area (Å²) in [5, 5.41) is 0.0531. The van der Waals surface area contributed by atoms with Crippen LogP contribution in [0.1, 0.15) is 37.5 Å². The molecule has 0 aromatic heterocycles. The average Bonchev–Trinajstić information content (AvgIpc) is 3.29. The van der Waals surface area contributed by atoms with Gasteiger partial charge in [0.05, 0.1) is 24.7 Å². The third-order valence-electron chi connectivity index (χ3n) is 6.20. The minimum absolute atomic E-state index is 0.0531. The van der Waals surface area contributed by atoms with E-state index in [9.17, 15) is 8.42 Å². The Morgan fingerprint density at radius 1 is 1.21 bits per heavy atom. The molecular formula is C21H33NO4SSi. The van der Waals surface area contributed by atoms with Gasteiger partial charge in [-0.15, -0.1) is 6.42 Å². The van der Waals surface area contributed by atoms with Crippen LogP contribution in [-0.2, 0) is 14.4 Å². The lowest BCUT2D eigenvalue weighted by Gasteiger charge is -2.36. The van der Waals surface area contributed by atoms with Crippen LogP contribution in [0.5, 0.6) is 5.75 Å². The van der Waals surface area contributed by atoms with Gasteiger partial charge >= 0.3 is 0 Å². The molecule has 1 aromatic carbocycles. The Morgan fingerprint density at radius 2 is 1.79 bits per heavy atom. The standard InChI is InChI=1S/C21H33NO4SSi/c1-11-17-18(13-26-28(9,10)21(5,6)7)22(17)27(23,24)20-14(2)12-19(25-8)15(3)16(20)4/h1,12,17-18H,13H2,2-10H3/t17-,18-,22?/m0/s1. The number of ether oxygens (including phenoxy) is 1. The molecule has 0 spiro atoms. The smallest absolute Gasteiger partial charge is 0.245 e. The quantitative estimate of drug-likeness (QED) is 0.394. The number of terminal acetylenes is 1. The maximum atomic E-state index is 13.4. The van der Waals surface area contributed by atoms with Crippen molar-refractivity contribution < 1.29 is 17.6 Å². The van der Waals surface area contributed by atoms with Crippen LogP contribution < -0.4 is 4.74 Å². The fraction of sp³-hybridized carbons (Fsp3) is 0.619. The topological polar surface area (TPSA) is 55.6 Å². The summed E-state index contributed by atoms with van der Waals surface area (Å²) in [6, 6.07) is 0.992. The van der Waals surface area contributed by atoms with Crippen LogP contribution in [0.2, 0.25) is 18.1 Å². The first kappa shape index (κ1) is 23.0. The third kappa shape index (κ3) is 3.88. The average molecular weight is 424 g/mol. The molecule has 3 atom stereocenters. The van der Waals surface area contributed by atoms with E-state index >= 15 is 0 Å². The van der Waals surface area contributed by atoms with Crippen molar-refractivity contribution in [3.05, 3.63) is 22.8 Å². The third-order valence-corrected chi connectivity index (χ3v) is 12.9. The van der Waals surface area contributed by atoms with Gasteiger partial charge in [-0.05, 0) is 61.7 Å². The molecule has 156 valence electrons. The second-order valence-corrected chi connectivity index (χ2v) is 15.6. The lowest BCUT2D eigenvalue weighted by Crippen LogP contribution is -2.42. The van der Waals surface area contributed by atoms with Gasteiger partial charge in [0.25, 0.3) is 0 Å². The molecule has 0 bridgehead atoms. The lowest BCUT2D eigenvalue weighted by molar-refractivity contribution is 0.281. The highest BCUT2D eigenvalue weighted by Gasteiger charge is 2.56. The predicted octanol–water partition coefficient (Wildman–Crippen LogP) is 4.02. The second kappa shape index (κ2) is 7.49. The molecular weight excluding hydrogens is 390 g/mol. The van der Waals surface area contributed by atoms with Gasteiger partial charge in [-0.3, -0.25) is 0 Å². The highest BCUT2D eigenvalue weighted by molar-refractivity contribution is 7.89. The second-order valence-electron chi connectivity index (χ2n) is 9.06. The van der Waals surface area contributed by atoms with Crippen molar-refractivity contribution in [2.75, 3.05) is 13.7 Å². The fourth-order valence-corrected chi connectivity index (χ4v) is 6.40. The molecule has 1 fully saturated rings. The van der Waals surface area contributed by atoms with Crippen molar-refractivity contribution in [2.24, 2.45) is 0 Å². The number of sulfonamides is 1. The summed E-state index contributed by atoms with van der Waals surface area (Å²) in [5.41, 5.74) is 2.18. The van der Waals surface area contributed by atoms with Crippen molar-refractivity contribution >= 4 is 18.3 Å².